The molecular weight excluding hydrogens is 442 g/mol. The molecule has 0 spiro atoms. The Kier molecular flexibility index (Phi) is 4.91. The lowest BCUT2D eigenvalue weighted by atomic mass is 9.86. The third kappa shape index (κ3) is 3.18. The van der Waals surface area contributed by atoms with Crippen molar-refractivity contribution in [3.05, 3.63) is 75.2 Å². The highest BCUT2D eigenvalue weighted by Crippen LogP contribution is 2.42. The Labute approximate surface area is 173 Å². The molecule has 0 saturated carbocycles. The van der Waals surface area contributed by atoms with Gasteiger partial charge >= 0.3 is 0 Å². The van der Waals surface area contributed by atoms with Gasteiger partial charge in [0.15, 0.2) is 5.78 Å². The second-order valence-corrected chi connectivity index (χ2v) is 8.43. The van der Waals surface area contributed by atoms with Crippen LogP contribution in [-0.2, 0) is 9.59 Å². The number of Topliss-reactive ketones (excluding diaryl/α,β-unsaturated/α-hetero) is 2. The van der Waals surface area contributed by atoms with Crippen LogP contribution >= 0.6 is 27.3 Å². The molecule has 2 aromatic carbocycles. The van der Waals surface area contributed by atoms with Gasteiger partial charge in [-0.2, -0.15) is 0 Å². The first-order valence-electron chi connectivity index (χ1n) is 8.49. The molecule has 1 aromatic heterocycles. The van der Waals surface area contributed by atoms with E-state index in [-0.39, 0.29) is 5.78 Å². The average Bonchev–Trinajstić information content (AvgIpc) is 3.23. The monoisotopic (exact) mass is 455 g/mol. The zero-order valence-electron chi connectivity index (χ0n) is 14.7. The fraction of sp³-hybridized carbons (Fsp3) is 0.150. The molecular formula is C20H14BrN3O3S. The molecule has 2 atom stereocenters. The van der Waals surface area contributed by atoms with E-state index in [9.17, 15) is 14.4 Å². The molecule has 28 heavy (non-hydrogen) atoms. The van der Waals surface area contributed by atoms with Crippen molar-refractivity contribution in [1.82, 2.24) is 10.2 Å². The molecule has 0 N–H and O–H groups in total. The number of hydrogen-bond donors (Lipinski definition) is 0. The number of amides is 1. The van der Waals surface area contributed by atoms with Crippen molar-refractivity contribution < 1.29 is 14.4 Å². The second-order valence-electron chi connectivity index (χ2n) is 6.35. The van der Waals surface area contributed by atoms with E-state index in [2.05, 4.69) is 26.1 Å². The molecule has 0 radical (unpaired) electrons. The van der Waals surface area contributed by atoms with Gasteiger partial charge in [-0.15, -0.1) is 10.2 Å². The molecule has 1 fully saturated rings. The minimum atomic E-state index is -1.14. The van der Waals surface area contributed by atoms with E-state index in [1.807, 2.05) is 12.1 Å². The number of benzene rings is 2. The van der Waals surface area contributed by atoms with Gasteiger partial charge < -0.3 is 0 Å². The van der Waals surface area contributed by atoms with Crippen LogP contribution in [0.1, 0.15) is 27.0 Å². The van der Waals surface area contributed by atoms with Crippen molar-refractivity contribution in [1.29, 1.82) is 0 Å². The molecule has 8 heteroatoms. The van der Waals surface area contributed by atoms with E-state index in [0.717, 1.165) is 4.47 Å². The van der Waals surface area contributed by atoms with Crippen molar-refractivity contribution in [3.63, 3.8) is 0 Å². The molecule has 4 rings (SSSR count). The number of carbonyl (C=O) groups is 3. The molecule has 6 nitrogen and oxygen atoms in total. The summed E-state index contributed by atoms with van der Waals surface area (Å²) in [6.07, 6.45) is 0. The normalized spacial score (nSPS) is 19.3. The van der Waals surface area contributed by atoms with Gasteiger partial charge in [-0.05, 0) is 24.6 Å². The van der Waals surface area contributed by atoms with Gasteiger partial charge in [0.05, 0.1) is 6.04 Å². The van der Waals surface area contributed by atoms with Gasteiger partial charge in [-0.3, -0.25) is 19.3 Å². The van der Waals surface area contributed by atoms with Gasteiger partial charge in [0.2, 0.25) is 10.9 Å². The number of aromatic nitrogens is 2. The van der Waals surface area contributed by atoms with Crippen LogP contribution in [0.2, 0.25) is 0 Å². The highest BCUT2D eigenvalue weighted by molar-refractivity contribution is 9.10. The maximum Gasteiger partial charge on any atom is 0.297 e. The summed E-state index contributed by atoms with van der Waals surface area (Å²) >= 11 is 4.63. The first kappa shape index (κ1) is 18.6. The summed E-state index contributed by atoms with van der Waals surface area (Å²) in [4.78, 5) is 40.3. The molecule has 0 bridgehead atoms. The maximum atomic E-state index is 13.2. The molecule has 1 aliphatic heterocycles. The first-order valence-corrected chi connectivity index (χ1v) is 10.1. The van der Waals surface area contributed by atoms with Crippen LogP contribution in [0.25, 0.3) is 0 Å². The lowest BCUT2D eigenvalue weighted by Crippen LogP contribution is -2.30. The Hall–Kier alpha value is -2.71. The summed E-state index contributed by atoms with van der Waals surface area (Å²) in [5.41, 5.74) is 1.07. The average molecular weight is 456 g/mol. The van der Waals surface area contributed by atoms with Gasteiger partial charge in [-0.1, -0.05) is 69.7 Å². The van der Waals surface area contributed by atoms with Crippen LogP contribution in [0.5, 0.6) is 0 Å². The topological polar surface area (TPSA) is 80.2 Å². The zero-order valence-corrected chi connectivity index (χ0v) is 17.1. The largest absolute Gasteiger partial charge is 0.297 e. The van der Waals surface area contributed by atoms with Crippen LogP contribution in [0.3, 0.4) is 0 Å². The second kappa shape index (κ2) is 7.37. The van der Waals surface area contributed by atoms with Gasteiger partial charge in [0.25, 0.3) is 5.91 Å². The SMILES string of the molecule is Cc1nnc(N2C(=O)C(=O)C(C(=O)c3ccccc3)C2c2cccc(Br)c2)s1. The summed E-state index contributed by atoms with van der Waals surface area (Å²) < 4.78 is 0.788. The van der Waals surface area contributed by atoms with Crippen molar-refractivity contribution in [2.75, 3.05) is 4.90 Å². The van der Waals surface area contributed by atoms with Gasteiger partial charge in [-0.25, -0.2) is 0 Å². The van der Waals surface area contributed by atoms with Crippen molar-refractivity contribution in [3.8, 4) is 0 Å². The lowest BCUT2D eigenvalue weighted by Gasteiger charge is -2.25. The van der Waals surface area contributed by atoms with Crippen molar-refractivity contribution in [2.45, 2.75) is 13.0 Å². The molecule has 2 heterocycles. The molecule has 0 aliphatic carbocycles. The maximum absolute atomic E-state index is 13.2. The third-order valence-corrected chi connectivity index (χ3v) is 5.89. The Balaban J connectivity index is 1.87. The number of halogens is 1. The quantitative estimate of drug-likeness (QED) is 0.339. The minimum absolute atomic E-state index is 0.309. The standard InChI is InChI=1S/C20H14BrN3O3S/c1-11-22-23-20(28-11)24-16(13-8-5-9-14(21)10-13)15(18(26)19(24)27)17(25)12-6-3-2-4-7-12/h2-10,15-16H,1H3. The molecule has 2 unspecified atom stereocenters. The summed E-state index contributed by atoms with van der Waals surface area (Å²) in [5.74, 6) is -3.00. The van der Waals surface area contributed by atoms with E-state index in [4.69, 9.17) is 0 Å². The Morgan fingerprint density at radius 1 is 1.07 bits per heavy atom. The molecule has 1 aliphatic rings. The van der Waals surface area contributed by atoms with Crippen molar-refractivity contribution in [2.24, 2.45) is 5.92 Å². The fourth-order valence-corrected chi connectivity index (χ4v) is 4.48. The van der Waals surface area contributed by atoms with Gasteiger partial charge in [0, 0.05) is 10.0 Å². The van der Waals surface area contributed by atoms with Crippen LogP contribution in [0.4, 0.5) is 5.13 Å². The van der Waals surface area contributed by atoms with Crippen molar-refractivity contribution >= 4 is 49.9 Å². The summed E-state index contributed by atoms with van der Waals surface area (Å²) in [5, 5.41) is 8.99. The number of aryl methyl sites for hydroxylation is 1. The van der Waals surface area contributed by atoms with Crippen LogP contribution in [-0.4, -0.2) is 27.7 Å². The van der Waals surface area contributed by atoms with Gasteiger partial charge in [0.1, 0.15) is 10.9 Å². The van der Waals surface area contributed by atoms with Crippen LogP contribution < -0.4 is 4.90 Å². The lowest BCUT2D eigenvalue weighted by molar-refractivity contribution is -0.135. The highest BCUT2D eigenvalue weighted by Gasteiger charge is 2.53. The van der Waals surface area contributed by atoms with E-state index >= 15 is 0 Å². The minimum Gasteiger partial charge on any atom is -0.293 e. The van der Waals surface area contributed by atoms with E-state index < -0.39 is 23.7 Å². The zero-order chi connectivity index (χ0) is 19.8. The summed E-state index contributed by atoms with van der Waals surface area (Å²) in [6.45, 7) is 1.77. The van der Waals surface area contributed by atoms with E-state index in [1.165, 1.54) is 16.2 Å². The predicted molar refractivity (Wildman–Crippen MR) is 108 cm³/mol. The Morgan fingerprint density at radius 3 is 2.46 bits per heavy atom. The molecule has 1 saturated heterocycles. The summed E-state index contributed by atoms with van der Waals surface area (Å²) in [6, 6.07) is 15.0. The van der Waals surface area contributed by atoms with Crippen LogP contribution in [0, 0.1) is 12.8 Å². The Morgan fingerprint density at radius 2 is 1.82 bits per heavy atom. The van der Waals surface area contributed by atoms with E-state index in [1.54, 1.807) is 49.4 Å². The number of ketones is 2. The number of anilines is 1. The third-order valence-electron chi connectivity index (χ3n) is 4.56. The van der Waals surface area contributed by atoms with Crippen LogP contribution in [0.15, 0.2) is 59.1 Å². The summed E-state index contributed by atoms with van der Waals surface area (Å²) in [7, 11) is 0. The predicted octanol–water partition coefficient (Wildman–Crippen LogP) is 3.77. The van der Waals surface area contributed by atoms with E-state index in [0.29, 0.717) is 21.3 Å². The number of carbonyl (C=O) groups excluding carboxylic acids is 3. The molecule has 3 aromatic rings. The number of hydrogen-bond acceptors (Lipinski definition) is 6. The Bertz CT molecular complexity index is 1080. The number of rotatable bonds is 4. The smallest absolute Gasteiger partial charge is 0.293 e. The molecule has 1 amide bonds. The highest BCUT2D eigenvalue weighted by atomic mass is 79.9. The first-order chi connectivity index (χ1) is 13.5. The molecule has 140 valence electrons. The fourth-order valence-electron chi connectivity index (χ4n) is 3.34. The number of nitrogens with zero attached hydrogens (tertiary/aromatic N) is 3.